The van der Waals surface area contributed by atoms with Crippen LogP contribution in [0.4, 0.5) is 0 Å². The Bertz CT molecular complexity index is 109. The molecular formula is C5H10N3O. The Labute approximate surface area is 53.8 Å². The highest BCUT2D eigenvalue weighted by Gasteiger charge is 2.17. The molecule has 4 nitrogen and oxygen atoms in total. The number of carbonyl (C=O) groups excluding carboxylic acids is 1. The molecule has 1 rings (SSSR count). The Morgan fingerprint density at radius 1 is 1.78 bits per heavy atom. The predicted octanol–water partition coefficient (Wildman–Crippen LogP) is -1.75. The molecule has 1 atom stereocenters. The van der Waals surface area contributed by atoms with Crippen molar-refractivity contribution in [3.63, 3.8) is 0 Å². The minimum Gasteiger partial charge on any atom is -0.369 e. The minimum absolute atomic E-state index is 0.0845. The van der Waals surface area contributed by atoms with Gasteiger partial charge in [-0.15, -0.1) is 0 Å². The predicted molar refractivity (Wildman–Crippen MR) is 32.6 cm³/mol. The van der Waals surface area contributed by atoms with Gasteiger partial charge in [0.05, 0.1) is 12.6 Å². The zero-order valence-electron chi connectivity index (χ0n) is 5.13. The molecule has 1 radical (unpaired) electrons. The third-order valence-corrected chi connectivity index (χ3v) is 1.37. The van der Waals surface area contributed by atoms with Crippen LogP contribution in [-0.4, -0.2) is 25.7 Å². The Kier molecular flexibility index (Phi) is 2.02. The number of nitrogens with one attached hydrogen (secondary N) is 1. The van der Waals surface area contributed by atoms with E-state index in [9.17, 15) is 4.79 Å². The second kappa shape index (κ2) is 2.80. The monoisotopic (exact) mass is 128 g/mol. The van der Waals surface area contributed by atoms with Gasteiger partial charge in [0.1, 0.15) is 0 Å². The standard InChI is InChI=1S/C5H10N3O/c6-5(9)4-1-7-3-8-2-4/h4,7H,1-3H2,(H2,6,9). The summed E-state index contributed by atoms with van der Waals surface area (Å²) in [4.78, 5) is 10.5. The maximum atomic E-state index is 10.5. The van der Waals surface area contributed by atoms with Gasteiger partial charge in [-0.2, -0.15) is 0 Å². The first-order chi connectivity index (χ1) is 4.30. The third-order valence-electron chi connectivity index (χ3n) is 1.37. The first kappa shape index (κ1) is 6.51. The number of rotatable bonds is 1. The van der Waals surface area contributed by atoms with Crippen LogP contribution in [0.5, 0.6) is 0 Å². The van der Waals surface area contributed by atoms with E-state index in [0.29, 0.717) is 19.8 Å². The molecule has 4 heteroatoms. The summed E-state index contributed by atoms with van der Waals surface area (Å²) in [5.41, 5.74) is 5.03. The van der Waals surface area contributed by atoms with Crippen molar-refractivity contribution in [2.24, 2.45) is 11.7 Å². The zero-order chi connectivity index (χ0) is 6.69. The molecular weight excluding hydrogens is 118 g/mol. The summed E-state index contributed by atoms with van der Waals surface area (Å²) in [6, 6.07) is 0. The van der Waals surface area contributed by atoms with Gasteiger partial charge in [0.2, 0.25) is 5.91 Å². The summed E-state index contributed by atoms with van der Waals surface area (Å²) in [5.74, 6) is -0.343. The van der Waals surface area contributed by atoms with Crippen LogP contribution in [0.15, 0.2) is 0 Å². The fraction of sp³-hybridized carbons (Fsp3) is 0.800. The van der Waals surface area contributed by atoms with Crippen LogP contribution in [0.25, 0.3) is 0 Å². The number of amides is 1. The number of primary amides is 1. The first-order valence-corrected chi connectivity index (χ1v) is 2.94. The van der Waals surface area contributed by atoms with Gasteiger partial charge in [0.25, 0.3) is 0 Å². The van der Waals surface area contributed by atoms with E-state index in [0.717, 1.165) is 0 Å². The molecule has 1 heterocycles. The first-order valence-electron chi connectivity index (χ1n) is 2.94. The summed E-state index contributed by atoms with van der Waals surface area (Å²) < 4.78 is 0. The van der Waals surface area contributed by atoms with Crippen molar-refractivity contribution in [3.05, 3.63) is 0 Å². The normalized spacial score (nSPS) is 21.8. The highest BCUT2D eigenvalue weighted by molar-refractivity contribution is 5.77. The van der Waals surface area contributed by atoms with E-state index in [-0.39, 0.29) is 11.8 Å². The summed E-state index contributed by atoms with van der Waals surface area (Å²) in [6.45, 7) is 1.92. The SMILES string of the molecule is NC(=O)C1C[N]CNC1. The van der Waals surface area contributed by atoms with Crippen molar-refractivity contribution in [2.75, 3.05) is 19.8 Å². The second-order valence-corrected chi connectivity index (χ2v) is 2.12. The van der Waals surface area contributed by atoms with Gasteiger partial charge in [0.15, 0.2) is 0 Å². The average Bonchev–Trinajstić information content (AvgIpc) is 1.90. The molecule has 0 aromatic heterocycles. The van der Waals surface area contributed by atoms with Gasteiger partial charge in [-0.1, -0.05) is 0 Å². The molecule has 3 N–H and O–H groups in total. The molecule has 9 heavy (non-hydrogen) atoms. The lowest BCUT2D eigenvalue weighted by molar-refractivity contribution is -0.121. The third kappa shape index (κ3) is 1.65. The lowest BCUT2D eigenvalue weighted by Gasteiger charge is -2.18. The topological polar surface area (TPSA) is 69.2 Å². The van der Waals surface area contributed by atoms with Crippen molar-refractivity contribution in [1.29, 1.82) is 0 Å². The summed E-state index contributed by atoms with van der Waals surface area (Å²) in [5, 5.41) is 6.92. The fourth-order valence-corrected chi connectivity index (χ4v) is 0.793. The molecule has 0 aliphatic carbocycles. The van der Waals surface area contributed by atoms with Crippen LogP contribution >= 0.6 is 0 Å². The molecule has 1 saturated heterocycles. The molecule has 1 fully saturated rings. The van der Waals surface area contributed by atoms with Gasteiger partial charge in [-0.05, 0) is 0 Å². The van der Waals surface area contributed by atoms with Gasteiger partial charge >= 0.3 is 0 Å². The molecule has 1 amide bonds. The highest BCUT2D eigenvalue weighted by Crippen LogP contribution is 1.94. The summed E-state index contributed by atoms with van der Waals surface area (Å²) in [6.07, 6.45) is 0. The molecule has 0 aromatic rings. The smallest absolute Gasteiger partial charge is 0.223 e. The maximum Gasteiger partial charge on any atom is 0.223 e. The number of carbonyl (C=O) groups is 1. The molecule has 0 bridgehead atoms. The van der Waals surface area contributed by atoms with Crippen LogP contribution < -0.4 is 16.4 Å². The Hall–Kier alpha value is -0.610. The van der Waals surface area contributed by atoms with Gasteiger partial charge in [0, 0.05) is 13.1 Å². The van der Waals surface area contributed by atoms with Gasteiger partial charge in [-0.3, -0.25) is 4.79 Å². The molecule has 51 valence electrons. The van der Waals surface area contributed by atoms with E-state index in [4.69, 9.17) is 5.73 Å². The molecule has 1 aliphatic rings. The Morgan fingerprint density at radius 2 is 2.56 bits per heavy atom. The van der Waals surface area contributed by atoms with E-state index < -0.39 is 0 Å². The summed E-state index contributed by atoms with van der Waals surface area (Å²) in [7, 11) is 0. The van der Waals surface area contributed by atoms with Crippen molar-refractivity contribution >= 4 is 5.91 Å². The minimum atomic E-state index is -0.258. The lowest BCUT2D eigenvalue weighted by atomic mass is 10.1. The molecule has 0 saturated carbocycles. The van der Waals surface area contributed by atoms with Crippen LogP contribution in [0, 0.1) is 5.92 Å². The number of hydrogen-bond donors (Lipinski definition) is 2. The van der Waals surface area contributed by atoms with Crippen molar-refractivity contribution in [1.82, 2.24) is 10.6 Å². The highest BCUT2D eigenvalue weighted by atomic mass is 16.1. The van der Waals surface area contributed by atoms with Crippen LogP contribution in [0.3, 0.4) is 0 Å². The van der Waals surface area contributed by atoms with Gasteiger partial charge in [-0.25, -0.2) is 5.32 Å². The van der Waals surface area contributed by atoms with Crippen LogP contribution in [0.1, 0.15) is 0 Å². The second-order valence-electron chi connectivity index (χ2n) is 2.12. The van der Waals surface area contributed by atoms with Crippen LogP contribution in [0.2, 0.25) is 0 Å². The van der Waals surface area contributed by atoms with E-state index in [1.165, 1.54) is 0 Å². The fourth-order valence-electron chi connectivity index (χ4n) is 0.793. The van der Waals surface area contributed by atoms with Crippen molar-refractivity contribution in [3.8, 4) is 0 Å². The average molecular weight is 128 g/mol. The molecule has 1 unspecified atom stereocenters. The largest absolute Gasteiger partial charge is 0.369 e. The number of nitrogens with zero attached hydrogens (tertiary/aromatic N) is 1. The maximum absolute atomic E-state index is 10.5. The van der Waals surface area contributed by atoms with E-state index in [1.54, 1.807) is 0 Å². The molecule has 0 spiro atoms. The molecule has 1 aliphatic heterocycles. The molecule has 0 aromatic carbocycles. The summed E-state index contributed by atoms with van der Waals surface area (Å²) >= 11 is 0. The number of hydrogen-bond acceptors (Lipinski definition) is 2. The van der Waals surface area contributed by atoms with Gasteiger partial charge < -0.3 is 11.1 Å². The van der Waals surface area contributed by atoms with E-state index in [2.05, 4.69) is 10.6 Å². The van der Waals surface area contributed by atoms with E-state index in [1.807, 2.05) is 0 Å². The number of nitrogens with two attached hydrogens (primary N) is 1. The zero-order valence-corrected chi connectivity index (χ0v) is 5.13. The Balaban J connectivity index is 2.31. The lowest BCUT2D eigenvalue weighted by Crippen LogP contribution is -2.45. The van der Waals surface area contributed by atoms with Crippen molar-refractivity contribution < 1.29 is 4.79 Å². The van der Waals surface area contributed by atoms with Crippen LogP contribution in [-0.2, 0) is 4.79 Å². The van der Waals surface area contributed by atoms with Crippen molar-refractivity contribution in [2.45, 2.75) is 0 Å². The Morgan fingerprint density at radius 3 is 2.89 bits per heavy atom. The van der Waals surface area contributed by atoms with E-state index >= 15 is 0 Å². The quantitative estimate of drug-likeness (QED) is 0.440.